The van der Waals surface area contributed by atoms with Crippen molar-refractivity contribution in [2.75, 3.05) is 7.11 Å². The lowest BCUT2D eigenvalue weighted by atomic mass is 9.90. The molecule has 0 amide bonds. The fraction of sp³-hybridized carbons (Fsp3) is 0.304. The molecule has 2 aromatic rings. The van der Waals surface area contributed by atoms with Gasteiger partial charge in [-0.3, -0.25) is 9.59 Å². The highest BCUT2D eigenvalue weighted by Gasteiger charge is 2.27. The van der Waals surface area contributed by atoms with Gasteiger partial charge >= 0.3 is 0 Å². The Hall–Kier alpha value is -2.88. The van der Waals surface area contributed by atoms with E-state index in [2.05, 4.69) is 13.8 Å². The number of hydrogen-bond donors (Lipinski definition) is 0. The molecule has 0 N–H and O–H groups in total. The van der Waals surface area contributed by atoms with E-state index in [1.54, 1.807) is 37.4 Å². The van der Waals surface area contributed by atoms with E-state index < -0.39 is 0 Å². The summed E-state index contributed by atoms with van der Waals surface area (Å²) < 4.78 is 10.8. The van der Waals surface area contributed by atoms with Gasteiger partial charge in [0.2, 0.25) is 5.78 Å². The van der Waals surface area contributed by atoms with Crippen molar-refractivity contribution in [3.63, 3.8) is 0 Å². The highest BCUT2D eigenvalue weighted by atomic mass is 16.5. The van der Waals surface area contributed by atoms with Crippen molar-refractivity contribution in [2.24, 2.45) is 5.92 Å². The van der Waals surface area contributed by atoms with Crippen LogP contribution in [-0.4, -0.2) is 18.7 Å². The van der Waals surface area contributed by atoms with Crippen LogP contribution in [0.25, 0.3) is 0 Å². The molecule has 1 aliphatic carbocycles. The Bertz CT molecular complexity index is 876. The summed E-state index contributed by atoms with van der Waals surface area (Å²) in [5, 5.41) is 0. The fourth-order valence-corrected chi connectivity index (χ4v) is 3.10. The zero-order chi connectivity index (χ0) is 19.4. The van der Waals surface area contributed by atoms with Crippen LogP contribution in [-0.2, 0) is 6.42 Å². The summed E-state index contributed by atoms with van der Waals surface area (Å²) in [6.45, 7) is 4.40. The lowest BCUT2D eigenvalue weighted by Gasteiger charge is -2.17. The lowest BCUT2D eigenvalue weighted by Crippen LogP contribution is -2.20. The maximum atomic E-state index is 12.7. The Kier molecular flexibility index (Phi) is 5.75. The van der Waals surface area contributed by atoms with Crippen molar-refractivity contribution in [1.29, 1.82) is 0 Å². The standard InChI is InChI=1S/C23H24O4/c1-15(2)5-4-6-16-7-12-19-20(13-16)21(24)14-22(23(19)25)27-18-10-8-17(26-3)9-11-18/h7-15H,4-6H2,1-3H3. The minimum Gasteiger partial charge on any atom is -0.497 e. The van der Waals surface area contributed by atoms with Crippen molar-refractivity contribution in [1.82, 2.24) is 0 Å². The first-order valence-corrected chi connectivity index (χ1v) is 9.23. The zero-order valence-electron chi connectivity index (χ0n) is 16.0. The van der Waals surface area contributed by atoms with Gasteiger partial charge in [0.15, 0.2) is 11.5 Å². The molecule has 0 fully saturated rings. The Morgan fingerprint density at radius 3 is 2.30 bits per heavy atom. The zero-order valence-corrected chi connectivity index (χ0v) is 16.0. The largest absolute Gasteiger partial charge is 0.497 e. The smallest absolute Gasteiger partial charge is 0.229 e. The predicted molar refractivity (Wildman–Crippen MR) is 105 cm³/mol. The lowest BCUT2D eigenvalue weighted by molar-refractivity contribution is 0.0946. The van der Waals surface area contributed by atoms with Gasteiger partial charge in [0, 0.05) is 17.2 Å². The van der Waals surface area contributed by atoms with Crippen molar-refractivity contribution >= 4 is 11.6 Å². The number of allylic oxidation sites excluding steroid dienone is 2. The van der Waals surface area contributed by atoms with E-state index in [1.807, 2.05) is 12.1 Å². The van der Waals surface area contributed by atoms with Crippen LogP contribution >= 0.6 is 0 Å². The molecule has 0 saturated carbocycles. The van der Waals surface area contributed by atoms with Crippen LogP contribution in [0.4, 0.5) is 0 Å². The molecule has 3 rings (SSSR count). The predicted octanol–water partition coefficient (Wildman–Crippen LogP) is 5.02. The summed E-state index contributed by atoms with van der Waals surface area (Å²) in [7, 11) is 1.58. The van der Waals surface area contributed by atoms with E-state index >= 15 is 0 Å². The third-order valence-corrected chi connectivity index (χ3v) is 4.61. The summed E-state index contributed by atoms with van der Waals surface area (Å²) in [4.78, 5) is 25.3. The average Bonchev–Trinajstić information content (AvgIpc) is 2.66. The highest BCUT2D eigenvalue weighted by Crippen LogP contribution is 2.26. The third-order valence-electron chi connectivity index (χ3n) is 4.61. The molecule has 0 unspecified atom stereocenters. The van der Waals surface area contributed by atoms with Gasteiger partial charge in [-0.15, -0.1) is 0 Å². The number of methoxy groups -OCH3 is 1. The maximum absolute atomic E-state index is 12.7. The number of carbonyl (C=O) groups is 2. The number of ketones is 2. The topological polar surface area (TPSA) is 52.6 Å². The molecule has 140 valence electrons. The van der Waals surface area contributed by atoms with E-state index in [0.717, 1.165) is 24.8 Å². The Morgan fingerprint density at radius 1 is 0.926 bits per heavy atom. The van der Waals surface area contributed by atoms with Crippen molar-refractivity contribution in [3.05, 3.63) is 71.0 Å². The van der Waals surface area contributed by atoms with E-state index in [0.29, 0.717) is 28.5 Å². The van der Waals surface area contributed by atoms with Gasteiger partial charge in [0.05, 0.1) is 7.11 Å². The van der Waals surface area contributed by atoms with Crippen LogP contribution in [0.3, 0.4) is 0 Å². The van der Waals surface area contributed by atoms with E-state index in [1.165, 1.54) is 6.08 Å². The number of rotatable bonds is 7. The number of benzene rings is 2. The number of carbonyl (C=O) groups excluding carboxylic acids is 2. The van der Waals surface area contributed by atoms with Gasteiger partial charge in [-0.2, -0.15) is 0 Å². The van der Waals surface area contributed by atoms with Crippen LogP contribution in [0.15, 0.2) is 54.3 Å². The van der Waals surface area contributed by atoms with Gasteiger partial charge in [-0.05, 0) is 60.7 Å². The van der Waals surface area contributed by atoms with Crippen LogP contribution in [0.2, 0.25) is 0 Å². The van der Waals surface area contributed by atoms with Crippen LogP contribution in [0, 0.1) is 5.92 Å². The molecule has 0 aromatic heterocycles. The summed E-state index contributed by atoms with van der Waals surface area (Å²) in [6, 6.07) is 12.4. The molecule has 0 bridgehead atoms. The minimum atomic E-state index is -0.269. The Balaban J connectivity index is 1.76. The first kappa shape index (κ1) is 18.9. The molecular weight excluding hydrogens is 340 g/mol. The Morgan fingerprint density at radius 2 is 1.63 bits per heavy atom. The Labute approximate surface area is 159 Å². The number of hydrogen-bond acceptors (Lipinski definition) is 4. The second kappa shape index (κ2) is 8.21. The maximum Gasteiger partial charge on any atom is 0.229 e. The quantitative estimate of drug-likeness (QED) is 0.692. The average molecular weight is 364 g/mol. The molecular formula is C23H24O4. The van der Waals surface area contributed by atoms with E-state index in [4.69, 9.17) is 9.47 Å². The van der Waals surface area contributed by atoms with Crippen LogP contribution in [0.5, 0.6) is 11.5 Å². The normalized spacial score (nSPS) is 13.4. The first-order chi connectivity index (χ1) is 13.0. The van der Waals surface area contributed by atoms with E-state index in [-0.39, 0.29) is 17.3 Å². The molecule has 0 saturated heterocycles. The van der Waals surface area contributed by atoms with E-state index in [9.17, 15) is 9.59 Å². The number of fused-ring (bicyclic) bond motifs is 1. The number of aryl methyl sites for hydroxylation is 1. The second-order valence-corrected chi connectivity index (χ2v) is 7.15. The molecule has 0 radical (unpaired) electrons. The van der Waals surface area contributed by atoms with Gasteiger partial charge in [-0.1, -0.05) is 26.3 Å². The van der Waals surface area contributed by atoms with Crippen molar-refractivity contribution in [3.8, 4) is 11.5 Å². The molecule has 27 heavy (non-hydrogen) atoms. The minimum absolute atomic E-state index is 0.0465. The summed E-state index contributed by atoms with van der Waals surface area (Å²) >= 11 is 0. The van der Waals surface area contributed by atoms with Crippen LogP contribution < -0.4 is 9.47 Å². The van der Waals surface area contributed by atoms with Gasteiger partial charge < -0.3 is 9.47 Å². The van der Waals surface area contributed by atoms with Crippen LogP contribution in [0.1, 0.15) is 53.0 Å². The van der Waals surface area contributed by atoms with Gasteiger partial charge in [0.25, 0.3) is 0 Å². The SMILES string of the molecule is COc1ccc(OC2=CC(=O)c3cc(CCCC(C)C)ccc3C2=O)cc1. The molecule has 0 atom stereocenters. The molecule has 0 spiro atoms. The summed E-state index contributed by atoms with van der Waals surface area (Å²) in [5.74, 6) is 1.42. The highest BCUT2D eigenvalue weighted by molar-refractivity contribution is 6.23. The molecule has 0 heterocycles. The van der Waals surface area contributed by atoms with Crippen molar-refractivity contribution in [2.45, 2.75) is 33.1 Å². The second-order valence-electron chi connectivity index (χ2n) is 7.15. The summed E-state index contributed by atoms with van der Waals surface area (Å²) in [6.07, 6.45) is 4.41. The molecule has 4 heteroatoms. The van der Waals surface area contributed by atoms with Crippen molar-refractivity contribution < 1.29 is 19.1 Å². The monoisotopic (exact) mass is 364 g/mol. The molecule has 1 aliphatic rings. The fourth-order valence-electron chi connectivity index (χ4n) is 3.10. The number of Topliss-reactive ketones (excluding diaryl/α,β-unsaturated/α-hetero) is 1. The third kappa shape index (κ3) is 4.45. The number of ether oxygens (including phenoxy) is 2. The van der Waals surface area contributed by atoms with Gasteiger partial charge in [-0.25, -0.2) is 0 Å². The molecule has 4 nitrogen and oxygen atoms in total. The van der Waals surface area contributed by atoms with Gasteiger partial charge in [0.1, 0.15) is 11.5 Å². The molecule has 2 aromatic carbocycles. The summed E-state index contributed by atoms with van der Waals surface area (Å²) in [5.41, 5.74) is 1.95. The molecule has 0 aliphatic heterocycles. The first-order valence-electron chi connectivity index (χ1n) is 9.23.